The van der Waals surface area contributed by atoms with Crippen molar-refractivity contribution in [1.29, 1.82) is 0 Å². The largest absolute Gasteiger partial charge is 0.494 e. The summed E-state index contributed by atoms with van der Waals surface area (Å²) in [5.41, 5.74) is 1.42. The molecule has 1 aromatic carbocycles. The first kappa shape index (κ1) is 20.5. The first-order valence-corrected chi connectivity index (χ1v) is 10.1. The van der Waals surface area contributed by atoms with E-state index < -0.39 is 6.10 Å². The Bertz CT molecular complexity index is 1110. The maximum atomic E-state index is 13.0. The summed E-state index contributed by atoms with van der Waals surface area (Å²) >= 11 is 0. The maximum Gasteiger partial charge on any atom is 0.263 e. The summed E-state index contributed by atoms with van der Waals surface area (Å²) in [6.07, 6.45) is 4.36. The van der Waals surface area contributed by atoms with Gasteiger partial charge in [-0.05, 0) is 44.5 Å². The molecule has 0 saturated heterocycles. The third-order valence-corrected chi connectivity index (χ3v) is 4.99. The van der Waals surface area contributed by atoms with Gasteiger partial charge in [0.15, 0.2) is 11.9 Å². The van der Waals surface area contributed by atoms with Crippen LogP contribution in [0.25, 0.3) is 11.5 Å². The van der Waals surface area contributed by atoms with E-state index in [9.17, 15) is 9.59 Å². The van der Waals surface area contributed by atoms with E-state index in [4.69, 9.17) is 9.47 Å². The molecule has 2 aromatic heterocycles. The minimum absolute atomic E-state index is 0.164. The maximum absolute atomic E-state index is 13.0. The number of carbonyl (C=O) groups is 1. The zero-order valence-corrected chi connectivity index (χ0v) is 17.4. The van der Waals surface area contributed by atoms with E-state index in [1.165, 1.54) is 12.4 Å². The number of aromatic nitrogens is 4. The van der Waals surface area contributed by atoms with Crippen LogP contribution in [0.3, 0.4) is 0 Å². The van der Waals surface area contributed by atoms with Gasteiger partial charge in [0.05, 0.1) is 25.0 Å². The molecule has 3 aromatic rings. The van der Waals surface area contributed by atoms with E-state index in [-0.39, 0.29) is 18.0 Å². The number of rotatable bonds is 6. The zero-order valence-electron chi connectivity index (χ0n) is 17.4. The van der Waals surface area contributed by atoms with Gasteiger partial charge in [-0.3, -0.25) is 14.6 Å². The monoisotopic (exact) mass is 421 g/mol. The molecule has 0 unspecified atom stereocenters. The average molecular weight is 421 g/mol. The quantitative estimate of drug-likeness (QED) is 0.648. The van der Waals surface area contributed by atoms with Crippen LogP contribution in [0.4, 0.5) is 0 Å². The summed E-state index contributed by atoms with van der Waals surface area (Å²) in [7, 11) is 0. The number of nitrogens with one attached hydrogen (secondary N) is 1. The Morgan fingerprint density at radius 3 is 2.71 bits per heavy atom. The van der Waals surface area contributed by atoms with Gasteiger partial charge in [-0.15, -0.1) is 0 Å². The second kappa shape index (κ2) is 8.95. The van der Waals surface area contributed by atoms with Crippen molar-refractivity contribution in [3.05, 3.63) is 64.5 Å². The van der Waals surface area contributed by atoms with Crippen molar-refractivity contribution in [1.82, 2.24) is 24.8 Å². The Hall–Kier alpha value is -3.75. The van der Waals surface area contributed by atoms with Gasteiger partial charge in [-0.2, -0.15) is 0 Å². The van der Waals surface area contributed by atoms with Crippen LogP contribution in [0.15, 0.2) is 47.7 Å². The summed E-state index contributed by atoms with van der Waals surface area (Å²) in [6, 6.07) is 7.15. The van der Waals surface area contributed by atoms with Gasteiger partial charge in [0.25, 0.3) is 11.5 Å². The molecule has 3 heterocycles. The van der Waals surface area contributed by atoms with Crippen LogP contribution in [0.1, 0.15) is 25.1 Å². The molecule has 0 saturated carbocycles. The van der Waals surface area contributed by atoms with Gasteiger partial charge in [0, 0.05) is 24.5 Å². The highest BCUT2D eigenvalue weighted by atomic mass is 16.5. The Morgan fingerprint density at radius 1 is 1.23 bits per heavy atom. The second-order valence-electron chi connectivity index (χ2n) is 7.10. The van der Waals surface area contributed by atoms with Crippen LogP contribution in [0.2, 0.25) is 0 Å². The van der Waals surface area contributed by atoms with Crippen LogP contribution < -0.4 is 15.0 Å². The molecule has 0 spiro atoms. The molecule has 1 N–H and O–H groups in total. The molecule has 4 rings (SSSR count). The molecule has 1 aliphatic heterocycles. The molecule has 31 heavy (non-hydrogen) atoms. The Morgan fingerprint density at radius 2 is 2.00 bits per heavy atom. The second-order valence-corrected chi connectivity index (χ2v) is 7.10. The van der Waals surface area contributed by atoms with Gasteiger partial charge >= 0.3 is 0 Å². The summed E-state index contributed by atoms with van der Waals surface area (Å²) in [5.74, 6) is 1.50. The lowest BCUT2D eigenvalue weighted by molar-refractivity contribution is -0.139. The molecule has 1 atom stereocenters. The number of ether oxygens (including phenoxy) is 2. The Balaban J connectivity index is 1.48. The molecule has 0 radical (unpaired) electrons. The molecular formula is C22H23N5O4. The minimum Gasteiger partial charge on any atom is -0.494 e. The number of aromatic amines is 1. The predicted octanol–water partition coefficient (Wildman–Crippen LogP) is 1.98. The molecule has 1 amide bonds. The summed E-state index contributed by atoms with van der Waals surface area (Å²) in [5, 5.41) is 0. The van der Waals surface area contributed by atoms with Crippen molar-refractivity contribution in [3.63, 3.8) is 0 Å². The molecule has 0 fully saturated rings. The fraction of sp³-hybridized carbons (Fsp3) is 0.318. The highest BCUT2D eigenvalue weighted by Gasteiger charge is 2.28. The van der Waals surface area contributed by atoms with E-state index in [0.29, 0.717) is 48.1 Å². The number of H-pyrrole nitrogens is 1. The van der Waals surface area contributed by atoms with E-state index in [0.717, 1.165) is 5.75 Å². The van der Waals surface area contributed by atoms with Crippen LogP contribution in [-0.4, -0.2) is 50.0 Å². The van der Waals surface area contributed by atoms with Crippen molar-refractivity contribution in [2.75, 3.05) is 13.2 Å². The summed E-state index contributed by atoms with van der Waals surface area (Å²) in [6.45, 7) is 4.88. The lowest BCUT2D eigenvalue weighted by atomic mass is 10.1. The molecule has 160 valence electrons. The van der Waals surface area contributed by atoms with Crippen LogP contribution in [0.5, 0.6) is 11.5 Å². The van der Waals surface area contributed by atoms with Crippen LogP contribution in [-0.2, 0) is 17.8 Å². The van der Waals surface area contributed by atoms with Crippen LogP contribution >= 0.6 is 0 Å². The fourth-order valence-corrected chi connectivity index (χ4v) is 3.46. The molecule has 0 aliphatic carbocycles. The molecular weight excluding hydrogens is 398 g/mol. The van der Waals surface area contributed by atoms with Crippen molar-refractivity contribution >= 4 is 5.91 Å². The standard InChI is InChI=1S/C22H23N5O4/c1-3-30-15-4-6-16(7-5-15)31-14(2)22(29)27-11-8-17-19(13-27)25-20(26-21(17)28)18-12-23-9-10-24-18/h4-7,9-10,12,14H,3,8,11,13H2,1-2H3,(H,25,26,28)/t14-/m1/s1. The number of carbonyl (C=O) groups excluding carboxylic acids is 1. The number of fused-ring (bicyclic) bond motifs is 1. The highest BCUT2D eigenvalue weighted by Crippen LogP contribution is 2.21. The highest BCUT2D eigenvalue weighted by molar-refractivity contribution is 5.81. The van der Waals surface area contributed by atoms with Gasteiger partial charge in [0.1, 0.15) is 17.2 Å². The molecule has 0 bridgehead atoms. The number of hydrogen-bond acceptors (Lipinski definition) is 7. The van der Waals surface area contributed by atoms with Gasteiger partial charge < -0.3 is 19.4 Å². The van der Waals surface area contributed by atoms with Gasteiger partial charge in [-0.1, -0.05) is 0 Å². The normalized spacial score (nSPS) is 13.9. The minimum atomic E-state index is -0.680. The van der Waals surface area contributed by atoms with Crippen molar-refractivity contribution in [2.24, 2.45) is 0 Å². The third kappa shape index (κ3) is 4.55. The first-order chi connectivity index (χ1) is 15.0. The SMILES string of the molecule is CCOc1ccc(O[C@H](C)C(=O)N2CCc3c(nc(-c4cnccn4)[nH]c3=O)C2)cc1. The van der Waals surface area contributed by atoms with E-state index in [1.54, 1.807) is 42.3 Å². The fourth-order valence-electron chi connectivity index (χ4n) is 3.46. The van der Waals surface area contributed by atoms with Crippen LogP contribution in [0, 0.1) is 0 Å². The van der Waals surface area contributed by atoms with Crippen molar-refractivity contribution < 1.29 is 14.3 Å². The molecule has 9 nitrogen and oxygen atoms in total. The average Bonchev–Trinajstić information content (AvgIpc) is 2.80. The van der Waals surface area contributed by atoms with Crippen molar-refractivity contribution in [3.8, 4) is 23.0 Å². The Labute approximate surface area is 179 Å². The number of amides is 1. The first-order valence-electron chi connectivity index (χ1n) is 10.1. The van der Waals surface area contributed by atoms with E-state index in [1.807, 2.05) is 6.92 Å². The zero-order chi connectivity index (χ0) is 21.8. The number of nitrogens with zero attached hydrogens (tertiary/aromatic N) is 4. The molecule has 9 heteroatoms. The Kier molecular flexibility index (Phi) is 5.92. The third-order valence-electron chi connectivity index (χ3n) is 4.99. The van der Waals surface area contributed by atoms with E-state index in [2.05, 4.69) is 19.9 Å². The van der Waals surface area contributed by atoms with Gasteiger partial charge in [0.2, 0.25) is 0 Å². The summed E-state index contributed by atoms with van der Waals surface area (Å²) < 4.78 is 11.2. The number of hydrogen-bond donors (Lipinski definition) is 1. The van der Waals surface area contributed by atoms with E-state index >= 15 is 0 Å². The topological polar surface area (TPSA) is 110 Å². The predicted molar refractivity (Wildman–Crippen MR) is 113 cm³/mol. The summed E-state index contributed by atoms with van der Waals surface area (Å²) in [4.78, 5) is 42.6. The van der Waals surface area contributed by atoms with Crippen molar-refractivity contribution in [2.45, 2.75) is 32.9 Å². The van der Waals surface area contributed by atoms with Gasteiger partial charge in [-0.25, -0.2) is 9.97 Å². The molecule has 1 aliphatic rings. The smallest absolute Gasteiger partial charge is 0.263 e. The number of benzene rings is 1. The lowest BCUT2D eigenvalue weighted by Gasteiger charge is -2.30. The lowest BCUT2D eigenvalue weighted by Crippen LogP contribution is -2.44.